The summed E-state index contributed by atoms with van der Waals surface area (Å²) in [4.78, 5) is 43.5. The maximum absolute atomic E-state index is 11.8. The molecule has 0 aliphatic carbocycles. The Morgan fingerprint density at radius 3 is 1.62 bits per heavy atom. The van der Waals surface area contributed by atoms with Gasteiger partial charge in [-0.3, -0.25) is 19.2 Å². The van der Waals surface area contributed by atoms with Crippen LogP contribution in [-0.2, 0) is 23.9 Å². The summed E-state index contributed by atoms with van der Waals surface area (Å²) >= 11 is 4.98. The van der Waals surface area contributed by atoms with Crippen molar-refractivity contribution in [2.75, 3.05) is 13.2 Å². The highest BCUT2D eigenvalue weighted by molar-refractivity contribution is 6.63. The molecule has 15 heteroatoms. The summed E-state index contributed by atoms with van der Waals surface area (Å²) in [7, 11) is 0.500. The minimum absolute atomic E-state index is 0.0218. The van der Waals surface area contributed by atoms with Crippen LogP contribution in [0, 0.1) is 13.8 Å². The lowest BCUT2D eigenvalue weighted by molar-refractivity contribution is -0.144. The predicted octanol–water partition coefficient (Wildman–Crippen LogP) is 5.90. The number of phenols is 4. The molecule has 0 spiro atoms. The molecule has 2 aromatic rings. The largest absolute Gasteiger partial charge is 0.508 e. The van der Waals surface area contributed by atoms with E-state index in [4.69, 9.17) is 35.7 Å². The quantitative estimate of drug-likeness (QED) is 0.114. The Bertz CT molecular complexity index is 1100. The summed E-state index contributed by atoms with van der Waals surface area (Å²) < 4.78 is 35.4. The van der Waals surface area contributed by atoms with E-state index in [1.165, 1.54) is 25.0 Å². The average Bonchev–Trinajstić information content (AvgIpc) is 2.93. The summed E-state index contributed by atoms with van der Waals surface area (Å²) in [5.41, 5.74) is 1.37. The number of halogens is 4. The van der Waals surface area contributed by atoms with Gasteiger partial charge in [0.2, 0.25) is 5.24 Å². The molecule has 0 atom stereocenters. The lowest BCUT2D eigenvalue weighted by Gasteiger charge is -2.06. The van der Waals surface area contributed by atoms with Crippen LogP contribution >= 0.6 is 11.6 Å². The van der Waals surface area contributed by atoms with E-state index in [0.717, 1.165) is 11.6 Å². The molecule has 0 aliphatic heterocycles. The van der Waals surface area contributed by atoms with E-state index in [1.807, 2.05) is 0 Å². The van der Waals surface area contributed by atoms with Gasteiger partial charge >= 0.3 is 19.5 Å². The first-order valence-corrected chi connectivity index (χ1v) is 12.7. The highest BCUT2D eigenvalue weighted by Gasteiger charge is 2.15. The first-order valence-electron chi connectivity index (χ1n) is 12.3. The van der Waals surface area contributed by atoms with E-state index in [9.17, 15) is 33.7 Å². The minimum Gasteiger partial charge on any atom is -0.508 e. The molecule has 0 heterocycles. The number of hydrogen-bond donors (Lipinski definition) is 4. The van der Waals surface area contributed by atoms with Gasteiger partial charge in [-0.25, -0.2) is 0 Å². The number of Topliss-reactive ketones (excluding diaryl/α,β-unsaturated/α-hetero) is 1. The van der Waals surface area contributed by atoms with Gasteiger partial charge < -0.3 is 34.2 Å². The van der Waals surface area contributed by atoms with Crippen molar-refractivity contribution in [2.45, 2.75) is 60.2 Å². The van der Waals surface area contributed by atoms with Crippen molar-refractivity contribution in [1.82, 2.24) is 0 Å². The summed E-state index contributed by atoms with van der Waals surface area (Å²) in [6.45, 7) is 8.74. The molecule has 0 aromatic heterocycles. The van der Waals surface area contributed by atoms with E-state index in [-0.39, 0.29) is 72.6 Å². The molecular formula is C27H36BClF3O10. The van der Waals surface area contributed by atoms with Gasteiger partial charge in [0.05, 0.1) is 31.6 Å². The molecule has 2 aromatic carbocycles. The number of esters is 2. The maximum Gasteiger partial charge on any atom is 0.351 e. The number of aromatic hydroxyl groups is 4. The molecule has 4 N–H and O–H groups in total. The zero-order valence-electron chi connectivity index (χ0n) is 24.0. The third-order valence-electron chi connectivity index (χ3n) is 4.50. The van der Waals surface area contributed by atoms with Crippen molar-refractivity contribution in [3.8, 4) is 23.0 Å². The SMILES string of the molecule is CCOC(=O)CCC(=O)Cl.CCOC(=O)CCC(=O)c1cc(C)c(O)cc1O.C[B]F.Cc1ccc(O)cc1O.FF. The minimum atomic E-state index is -0.506. The van der Waals surface area contributed by atoms with Crippen LogP contribution in [0.5, 0.6) is 23.0 Å². The number of carbonyl (C=O) groups excluding carboxylic acids is 4. The molecule has 1 radical (unpaired) electrons. The third kappa shape index (κ3) is 21.8. The van der Waals surface area contributed by atoms with Crippen LogP contribution < -0.4 is 0 Å². The summed E-state index contributed by atoms with van der Waals surface area (Å²) in [6.07, 6.45) is 0.0825. The lowest BCUT2D eigenvalue weighted by Crippen LogP contribution is -2.08. The summed E-state index contributed by atoms with van der Waals surface area (Å²) in [5.74, 6) is -1.31. The van der Waals surface area contributed by atoms with E-state index in [0.29, 0.717) is 19.7 Å². The van der Waals surface area contributed by atoms with Crippen LogP contribution in [0.2, 0.25) is 6.82 Å². The molecule has 42 heavy (non-hydrogen) atoms. The Morgan fingerprint density at radius 2 is 1.21 bits per heavy atom. The Morgan fingerprint density at radius 1 is 0.762 bits per heavy atom. The molecule has 0 amide bonds. The zero-order valence-corrected chi connectivity index (χ0v) is 24.7. The van der Waals surface area contributed by atoms with Crippen molar-refractivity contribution < 1.29 is 62.5 Å². The molecule has 0 aliphatic rings. The van der Waals surface area contributed by atoms with Crippen LogP contribution in [-0.4, -0.2) is 64.2 Å². The summed E-state index contributed by atoms with van der Waals surface area (Å²) in [6, 6.07) is 7.03. The molecule has 10 nitrogen and oxygen atoms in total. The van der Waals surface area contributed by atoms with Gasteiger partial charge in [0.15, 0.2) is 5.78 Å². The van der Waals surface area contributed by atoms with Crippen molar-refractivity contribution in [3.05, 3.63) is 47.0 Å². The number of rotatable bonds is 9. The van der Waals surface area contributed by atoms with Crippen LogP contribution in [0.15, 0.2) is 30.3 Å². The van der Waals surface area contributed by atoms with Crippen molar-refractivity contribution in [3.63, 3.8) is 0 Å². The standard InChI is InChI=1S/C13H16O5.C7H8O2.C6H9ClO3.CH3BF.F2/c1-3-18-13(17)5-4-10(14)9-6-8(2)11(15)7-12(9)16;1-5-2-3-6(8)4-7(5)9;1-2-10-6(9)4-3-5(7)8;1-2-3;1-2/h6-7,15-16H,3-5H2,1-2H3;2-4,8-9H,1H3;2-4H2,1H3;1H3;. The Labute approximate surface area is 248 Å². The van der Waals surface area contributed by atoms with Crippen molar-refractivity contribution in [1.29, 1.82) is 0 Å². The molecule has 2 rings (SSSR count). The van der Waals surface area contributed by atoms with Gasteiger partial charge in [-0.05, 0) is 62.6 Å². The number of aryl methyl sites for hydroxylation is 2. The fourth-order valence-corrected chi connectivity index (χ4v) is 2.62. The molecule has 0 unspecified atom stereocenters. The highest BCUT2D eigenvalue weighted by Crippen LogP contribution is 2.28. The molecule has 0 saturated carbocycles. The molecular weight excluding hydrogens is 588 g/mol. The normalized spacial score (nSPS) is 8.98. The van der Waals surface area contributed by atoms with Crippen molar-refractivity contribution >= 4 is 42.1 Å². The molecule has 0 bridgehead atoms. The fraction of sp³-hybridized carbons (Fsp3) is 0.407. The molecule has 0 fully saturated rings. The summed E-state index contributed by atoms with van der Waals surface area (Å²) in [5, 5.41) is 36.1. The predicted molar refractivity (Wildman–Crippen MR) is 151 cm³/mol. The van der Waals surface area contributed by atoms with Crippen LogP contribution in [0.4, 0.5) is 13.5 Å². The monoisotopic (exact) mass is 623 g/mol. The maximum atomic E-state index is 11.8. The second-order valence-corrected chi connectivity index (χ2v) is 8.15. The second kappa shape index (κ2) is 26.0. The van der Waals surface area contributed by atoms with Crippen LogP contribution in [0.25, 0.3) is 0 Å². The van der Waals surface area contributed by atoms with Gasteiger partial charge in [-0.15, -0.1) is 0 Å². The molecule has 235 valence electrons. The highest BCUT2D eigenvalue weighted by atomic mass is 35.5. The number of ketones is 1. The van der Waals surface area contributed by atoms with E-state index < -0.39 is 11.2 Å². The second-order valence-electron chi connectivity index (χ2n) is 7.73. The van der Waals surface area contributed by atoms with Gasteiger partial charge in [-0.2, -0.15) is 0 Å². The van der Waals surface area contributed by atoms with Gasteiger partial charge in [0.1, 0.15) is 23.0 Å². The number of phenolic OH excluding ortho intramolecular Hbond substituents is 4. The first kappa shape index (κ1) is 42.5. The number of carbonyl (C=O) groups is 4. The first-order chi connectivity index (χ1) is 19.7. The van der Waals surface area contributed by atoms with Gasteiger partial charge in [0.25, 0.3) is 0 Å². The van der Waals surface area contributed by atoms with Gasteiger partial charge in [0, 0.05) is 34.1 Å². The third-order valence-corrected chi connectivity index (χ3v) is 4.69. The fourth-order valence-electron chi connectivity index (χ4n) is 2.52. The Balaban J connectivity index is -0.000000538. The van der Waals surface area contributed by atoms with Gasteiger partial charge in [-0.1, -0.05) is 12.9 Å². The number of ether oxygens (including phenoxy) is 2. The number of hydrogen-bond acceptors (Lipinski definition) is 10. The van der Waals surface area contributed by atoms with E-state index in [1.54, 1.807) is 33.8 Å². The Hall–Kier alpha value is -3.94. The van der Waals surface area contributed by atoms with Crippen LogP contribution in [0.1, 0.15) is 61.0 Å². The van der Waals surface area contributed by atoms with Crippen LogP contribution in [0.3, 0.4) is 0 Å². The number of benzene rings is 2. The van der Waals surface area contributed by atoms with Crippen molar-refractivity contribution in [2.24, 2.45) is 0 Å². The lowest BCUT2D eigenvalue weighted by atomic mass is 10.0. The topological polar surface area (TPSA) is 168 Å². The average molecular weight is 624 g/mol. The smallest absolute Gasteiger partial charge is 0.351 e. The Kier molecular flexibility index (Phi) is 26.3. The zero-order chi connectivity index (χ0) is 33.3. The van der Waals surface area contributed by atoms with E-state index >= 15 is 0 Å². The molecule has 0 saturated heterocycles. The van der Waals surface area contributed by atoms with E-state index in [2.05, 4.69) is 4.74 Å².